The summed E-state index contributed by atoms with van der Waals surface area (Å²) in [6.07, 6.45) is 4.17. The molecule has 1 unspecified atom stereocenters. The third-order valence-corrected chi connectivity index (χ3v) is 7.70. The molecule has 0 spiro atoms. The summed E-state index contributed by atoms with van der Waals surface area (Å²) < 4.78 is 23.2. The molecule has 6 heteroatoms. The fraction of sp³-hybridized carbons (Fsp3) is 0.471. The van der Waals surface area contributed by atoms with Crippen LogP contribution < -0.4 is 0 Å². The Morgan fingerprint density at radius 1 is 1.09 bits per heavy atom. The number of ketones is 1. The average Bonchev–Trinajstić information content (AvgIpc) is 3.05. The second-order valence-corrected chi connectivity index (χ2v) is 10.5. The van der Waals surface area contributed by atoms with Crippen molar-refractivity contribution in [3.63, 3.8) is 0 Å². The van der Waals surface area contributed by atoms with Crippen molar-refractivity contribution in [3.05, 3.63) is 34.0 Å². The summed E-state index contributed by atoms with van der Waals surface area (Å²) in [5.41, 5.74) is 0. The molecule has 0 radical (unpaired) electrons. The molecule has 0 saturated carbocycles. The number of unbranched alkanes of at least 4 members (excludes halogenated alkanes) is 1. The summed E-state index contributed by atoms with van der Waals surface area (Å²) in [7, 11) is -3.28. The lowest BCUT2D eigenvalue weighted by Crippen LogP contribution is -2.27. The van der Waals surface area contributed by atoms with Crippen molar-refractivity contribution in [2.75, 3.05) is 6.26 Å². The minimum absolute atomic E-state index is 0.251. The summed E-state index contributed by atoms with van der Waals surface area (Å²) >= 11 is 3.59. The molecule has 2 heterocycles. The van der Waals surface area contributed by atoms with Crippen LogP contribution in [0.1, 0.15) is 35.9 Å². The van der Waals surface area contributed by atoms with E-state index in [1.165, 1.54) is 26.4 Å². The van der Waals surface area contributed by atoms with Crippen LogP contribution in [0.4, 0.5) is 0 Å². The van der Waals surface area contributed by atoms with Gasteiger partial charge in [-0.05, 0) is 57.4 Å². The number of hydrogen-bond donors (Lipinski definition) is 0. The molecule has 0 aromatic carbocycles. The highest BCUT2D eigenvalue weighted by Crippen LogP contribution is 2.33. The van der Waals surface area contributed by atoms with Gasteiger partial charge in [0.2, 0.25) is 0 Å². The van der Waals surface area contributed by atoms with Gasteiger partial charge in [-0.1, -0.05) is 6.42 Å². The quantitative estimate of drug-likeness (QED) is 0.643. The first-order chi connectivity index (χ1) is 10.8. The van der Waals surface area contributed by atoms with Crippen LogP contribution in [-0.2, 0) is 21.1 Å². The van der Waals surface area contributed by atoms with E-state index < -0.39 is 15.1 Å². The van der Waals surface area contributed by atoms with E-state index in [0.717, 1.165) is 25.5 Å². The lowest BCUT2D eigenvalue weighted by molar-refractivity contribution is -0.116. The number of thiophene rings is 2. The number of carbonyl (C=O) groups excluding carboxylic acids is 1. The zero-order valence-corrected chi connectivity index (χ0v) is 16.1. The Bertz CT molecular complexity index is 769. The number of sulfone groups is 1. The molecule has 23 heavy (non-hydrogen) atoms. The molecule has 0 saturated heterocycles. The number of carbonyl (C=O) groups is 1. The van der Waals surface area contributed by atoms with Crippen LogP contribution in [0.2, 0.25) is 0 Å². The molecular formula is C17H22O3S3. The molecule has 0 aliphatic carbocycles. The maximum Gasteiger partial charge on any atom is 0.157 e. The van der Waals surface area contributed by atoms with Gasteiger partial charge in [-0.2, -0.15) is 0 Å². The van der Waals surface area contributed by atoms with E-state index in [1.54, 1.807) is 22.7 Å². The normalized spacial score (nSPS) is 13.2. The van der Waals surface area contributed by atoms with E-state index in [0.29, 0.717) is 6.42 Å². The van der Waals surface area contributed by atoms with Gasteiger partial charge >= 0.3 is 0 Å². The molecule has 0 N–H and O–H groups in total. The SMILES string of the molecule is CC(=O)C(CCCCc1ccc(-c2ccc(C)s2)s1)S(C)(=O)=O. The van der Waals surface area contributed by atoms with Gasteiger partial charge in [0.25, 0.3) is 0 Å². The van der Waals surface area contributed by atoms with E-state index in [2.05, 4.69) is 31.2 Å². The smallest absolute Gasteiger partial charge is 0.157 e. The molecule has 126 valence electrons. The standard InChI is InChI=1S/C17H22O3S3/c1-12-8-10-15(21-12)16-11-9-14(22-16)6-4-5-7-17(13(2)18)23(3,19)20/h8-11,17H,4-7H2,1-3H3. The maximum absolute atomic E-state index is 11.6. The summed E-state index contributed by atoms with van der Waals surface area (Å²) in [5, 5.41) is -0.838. The van der Waals surface area contributed by atoms with E-state index in [1.807, 2.05) is 0 Å². The first-order valence-corrected chi connectivity index (χ1v) is 11.2. The molecule has 0 aliphatic heterocycles. The van der Waals surface area contributed by atoms with Gasteiger partial charge in [-0.25, -0.2) is 8.42 Å². The summed E-state index contributed by atoms with van der Waals surface area (Å²) in [4.78, 5) is 16.6. The Kier molecular flexibility index (Phi) is 6.17. The van der Waals surface area contributed by atoms with Crippen LogP contribution >= 0.6 is 22.7 Å². The largest absolute Gasteiger partial charge is 0.299 e. The van der Waals surface area contributed by atoms with E-state index in [-0.39, 0.29) is 5.78 Å². The van der Waals surface area contributed by atoms with Crippen LogP contribution in [0, 0.1) is 6.92 Å². The minimum atomic E-state index is -3.28. The molecule has 1 atom stereocenters. The Labute approximate surface area is 146 Å². The first-order valence-electron chi connectivity index (χ1n) is 7.62. The van der Waals surface area contributed by atoms with Crippen molar-refractivity contribution in [3.8, 4) is 9.75 Å². The maximum atomic E-state index is 11.6. The first kappa shape index (κ1) is 18.4. The minimum Gasteiger partial charge on any atom is -0.299 e. The van der Waals surface area contributed by atoms with Crippen LogP contribution in [0.15, 0.2) is 24.3 Å². The predicted molar refractivity (Wildman–Crippen MR) is 99.2 cm³/mol. The number of aryl methyl sites for hydroxylation is 2. The van der Waals surface area contributed by atoms with Gasteiger partial charge in [0.15, 0.2) is 9.84 Å². The second-order valence-electron chi connectivity index (χ2n) is 5.85. The fourth-order valence-electron chi connectivity index (χ4n) is 2.56. The molecule has 3 nitrogen and oxygen atoms in total. The zero-order chi connectivity index (χ0) is 17.0. The zero-order valence-electron chi connectivity index (χ0n) is 13.7. The lowest BCUT2D eigenvalue weighted by atomic mass is 10.1. The Hall–Kier alpha value is -0.980. The molecule has 2 rings (SSSR count). The Morgan fingerprint density at radius 2 is 1.74 bits per heavy atom. The van der Waals surface area contributed by atoms with Gasteiger partial charge in [0.1, 0.15) is 11.0 Å². The van der Waals surface area contributed by atoms with Crippen LogP contribution in [0.5, 0.6) is 0 Å². The number of hydrogen-bond acceptors (Lipinski definition) is 5. The highest BCUT2D eigenvalue weighted by atomic mass is 32.2. The van der Waals surface area contributed by atoms with Crippen molar-refractivity contribution in [1.82, 2.24) is 0 Å². The lowest BCUT2D eigenvalue weighted by Gasteiger charge is -2.10. The monoisotopic (exact) mass is 370 g/mol. The van der Waals surface area contributed by atoms with Crippen LogP contribution in [-0.4, -0.2) is 25.7 Å². The number of rotatable bonds is 8. The highest BCUT2D eigenvalue weighted by molar-refractivity contribution is 7.92. The number of Topliss-reactive ketones (excluding diaryl/α,β-unsaturated/α-hetero) is 1. The highest BCUT2D eigenvalue weighted by Gasteiger charge is 2.24. The topological polar surface area (TPSA) is 51.2 Å². The fourth-order valence-corrected chi connectivity index (χ4v) is 5.76. The molecule has 0 aliphatic rings. The third-order valence-electron chi connectivity index (χ3n) is 3.75. The van der Waals surface area contributed by atoms with E-state index in [9.17, 15) is 13.2 Å². The van der Waals surface area contributed by atoms with Crippen molar-refractivity contribution >= 4 is 38.3 Å². The summed E-state index contributed by atoms with van der Waals surface area (Å²) in [5.74, 6) is -0.251. The van der Waals surface area contributed by atoms with Gasteiger partial charge < -0.3 is 0 Å². The van der Waals surface area contributed by atoms with Crippen molar-refractivity contribution in [1.29, 1.82) is 0 Å². The van der Waals surface area contributed by atoms with Crippen LogP contribution in [0.3, 0.4) is 0 Å². The third kappa shape index (κ3) is 5.26. The molecule has 0 amide bonds. The van der Waals surface area contributed by atoms with E-state index in [4.69, 9.17) is 0 Å². The Morgan fingerprint density at radius 3 is 2.30 bits per heavy atom. The van der Waals surface area contributed by atoms with Crippen molar-refractivity contribution in [2.24, 2.45) is 0 Å². The molecule has 0 bridgehead atoms. The predicted octanol–water partition coefficient (Wildman–Crippen LogP) is 4.50. The van der Waals surface area contributed by atoms with Crippen LogP contribution in [0.25, 0.3) is 9.75 Å². The van der Waals surface area contributed by atoms with E-state index >= 15 is 0 Å². The van der Waals surface area contributed by atoms with Crippen molar-refractivity contribution < 1.29 is 13.2 Å². The van der Waals surface area contributed by atoms with Gasteiger partial charge in [0.05, 0.1) is 0 Å². The molecule has 2 aromatic heterocycles. The van der Waals surface area contributed by atoms with Gasteiger partial charge in [-0.3, -0.25) is 4.79 Å². The Balaban J connectivity index is 1.85. The van der Waals surface area contributed by atoms with Gasteiger partial charge in [-0.15, -0.1) is 22.7 Å². The second kappa shape index (κ2) is 7.73. The average molecular weight is 371 g/mol. The summed E-state index contributed by atoms with van der Waals surface area (Å²) in [6.45, 7) is 3.47. The summed E-state index contributed by atoms with van der Waals surface area (Å²) in [6, 6.07) is 8.58. The molecular weight excluding hydrogens is 348 g/mol. The molecule has 2 aromatic rings. The van der Waals surface area contributed by atoms with Gasteiger partial charge in [0, 0.05) is 25.8 Å². The van der Waals surface area contributed by atoms with Crippen molar-refractivity contribution in [2.45, 2.75) is 44.8 Å². The molecule has 0 fully saturated rings.